The third-order valence-electron chi connectivity index (χ3n) is 0. The molecule has 0 amide bonds. The minimum atomic E-state index is 0. The normalized spacial score (nSPS) is 0.800. The summed E-state index contributed by atoms with van der Waals surface area (Å²) in [6, 6.07) is 0. The maximum absolute atomic E-state index is 3.89. The topological polar surface area (TPSA) is 0 Å². The zero-order valence-corrected chi connectivity index (χ0v) is 7.82. The van der Waals surface area contributed by atoms with Crippen LogP contribution < -0.4 is 0 Å². The zero-order chi connectivity index (χ0) is 2.00. The van der Waals surface area contributed by atoms with Crippen molar-refractivity contribution >= 4 is 67.2 Å². The van der Waals surface area contributed by atoms with Crippen LogP contribution in [0.4, 0.5) is 0 Å². The summed E-state index contributed by atoms with van der Waals surface area (Å²) in [5.41, 5.74) is 0. The van der Waals surface area contributed by atoms with E-state index in [1.165, 1.54) is 0 Å². The van der Waals surface area contributed by atoms with E-state index in [4.69, 9.17) is 0 Å². The van der Waals surface area contributed by atoms with Gasteiger partial charge in [-0.1, -0.05) is 11.8 Å². The van der Waals surface area contributed by atoms with Crippen molar-refractivity contribution in [3.8, 4) is 0 Å². The fraction of sp³-hybridized carbons (Fsp3) is 0. The van der Waals surface area contributed by atoms with Crippen LogP contribution in [0.3, 0.4) is 0 Å². The van der Waals surface area contributed by atoms with Crippen LogP contribution in [0.15, 0.2) is 0 Å². The summed E-state index contributed by atoms with van der Waals surface area (Å²) in [7, 11) is 2.56. The smallest absolute Gasteiger partial charge is 0 e. The first-order chi connectivity index (χ1) is 1.00. The average Bonchev–Trinajstić information content (AvgIpc) is 1.00. The van der Waals surface area contributed by atoms with Gasteiger partial charge in [0.15, 0.2) is 0 Å². The van der Waals surface area contributed by atoms with E-state index < -0.39 is 0 Å². The molecule has 0 nitrogen and oxygen atoms in total. The number of hydrogen-bond donors (Lipinski definition) is 0. The minimum Gasteiger partial charge on any atom is -0.0615 e. The molecule has 0 rings (SSSR count). The van der Waals surface area contributed by atoms with Gasteiger partial charge < -0.3 is 0 Å². The predicted molar refractivity (Wildman–Crippen MR) is 32.9 cm³/mol. The molecule has 21 valence electrons. The van der Waals surface area contributed by atoms with Gasteiger partial charge in [0.05, 0.1) is 0 Å². The second-order valence-corrected chi connectivity index (χ2v) is 0. The Hall–Kier alpha value is 1.88. The molecule has 0 aromatic rings. The molecule has 0 fully saturated rings. The molecule has 0 saturated heterocycles. The van der Waals surface area contributed by atoms with Crippen LogP contribution in [0.25, 0.3) is 0 Å². The van der Waals surface area contributed by atoms with E-state index in [1.54, 1.807) is 0 Å². The monoisotopic (exact) mass is 173 g/mol. The second kappa shape index (κ2) is 39.7. The minimum absolute atomic E-state index is 0. The van der Waals surface area contributed by atoms with Crippen LogP contribution in [-0.4, -0.2) is 47.4 Å². The van der Waals surface area contributed by atoms with Gasteiger partial charge in [-0.25, -0.2) is 0 Å². The summed E-state index contributed by atoms with van der Waals surface area (Å²) >= 11 is 3.89. The predicted octanol–water partition coefficient (Wildman–Crippen LogP) is -0.551. The van der Waals surface area contributed by atoms with Crippen molar-refractivity contribution in [1.29, 1.82) is 0 Å². The summed E-state index contributed by atoms with van der Waals surface area (Å²) in [6.45, 7) is 0. The molecule has 0 spiro atoms. The maximum atomic E-state index is 3.89. The van der Waals surface area contributed by atoms with E-state index in [-0.39, 0.29) is 47.4 Å². The van der Waals surface area contributed by atoms with Gasteiger partial charge in [-0.2, -0.15) is 0 Å². The average molecular weight is 172 g/mol. The van der Waals surface area contributed by atoms with Gasteiger partial charge in [0, 0.05) is 47.4 Å². The molecule has 0 N–H and O–H groups in total. The van der Waals surface area contributed by atoms with Crippen LogP contribution in [0, 0.1) is 0 Å². The van der Waals surface area contributed by atoms with E-state index >= 15 is 0 Å². The standard InChI is InChI=1S/Ge.Li.HPS.Si/c;;1-2;/h;;1H;. The van der Waals surface area contributed by atoms with Crippen molar-refractivity contribution in [3.63, 3.8) is 0 Å². The molecule has 0 saturated carbocycles. The molecule has 0 aliphatic heterocycles. The summed E-state index contributed by atoms with van der Waals surface area (Å²) in [5.74, 6) is 0. The Morgan fingerprint density at radius 1 is 1.20 bits per heavy atom. The van der Waals surface area contributed by atoms with Gasteiger partial charge in [-0.05, 0) is 8.02 Å². The van der Waals surface area contributed by atoms with Gasteiger partial charge in [0.2, 0.25) is 0 Å². The van der Waals surface area contributed by atoms with E-state index in [0.29, 0.717) is 0 Å². The van der Waals surface area contributed by atoms with Crippen molar-refractivity contribution < 1.29 is 0 Å². The van der Waals surface area contributed by atoms with Crippen molar-refractivity contribution in [2.24, 2.45) is 0 Å². The Labute approximate surface area is 66.9 Å². The SMILES string of the molecule is P=S.[Ge].[Li].[Si]. The number of rotatable bonds is 0. The molecular weight excluding hydrogens is 171 g/mol. The molecule has 0 aliphatic rings. The van der Waals surface area contributed by atoms with Crippen molar-refractivity contribution in [2.75, 3.05) is 0 Å². The van der Waals surface area contributed by atoms with Crippen LogP contribution in [0.1, 0.15) is 0 Å². The molecular formula is HGeLiPSSi. The molecule has 5 heavy (non-hydrogen) atoms. The van der Waals surface area contributed by atoms with Gasteiger partial charge in [-0.3, -0.25) is 0 Å². The molecule has 9 radical (unpaired) electrons. The first-order valence-corrected chi connectivity index (χ1v) is 1.84. The van der Waals surface area contributed by atoms with E-state index in [9.17, 15) is 0 Å². The molecule has 0 unspecified atom stereocenters. The molecule has 0 bridgehead atoms. The van der Waals surface area contributed by atoms with Crippen LogP contribution in [0.5, 0.6) is 0 Å². The van der Waals surface area contributed by atoms with Crippen molar-refractivity contribution in [3.05, 3.63) is 0 Å². The molecule has 0 aromatic heterocycles. The molecule has 0 aromatic carbocycles. The Kier molecular flexibility index (Phi) is 228. The van der Waals surface area contributed by atoms with Gasteiger partial charge in [-0.15, -0.1) is 0 Å². The summed E-state index contributed by atoms with van der Waals surface area (Å²) < 4.78 is 0. The van der Waals surface area contributed by atoms with Crippen molar-refractivity contribution in [2.45, 2.75) is 0 Å². The fourth-order valence-electron chi connectivity index (χ4n) is 0. The van der Waals surface area contributed by atoms with Crippen LogP contribution >= 0.6 is 8.02 Å². The van der Waals surface area contributed by atoms with E-state index in [2.05, 4.69) is 19.8 Å². The summed E-state index contributed by atoms with van der Waals surface area (Å²) in [5, 5.41) is 0. The number of hydrogen-bond acceptors (Lipinski definition) is 1. The molecule has 0 heterocycles. The van der Waals surface area contributed by atoms with Crippen molar-refractivity contribution in [1.82, 2.24) is 0 Å². The largest absolute Gasteiger partial charge is 0.0615 e. The Morgan fingerprint density at radius 2 is 1.20 bits per heavy atom. The summed E-state index contributed by atoms with van der Waals surface area (Å²) in [6.07, 6.45) is 0. The van der Waals surface area contributed by atoms with Gasteiger partial charge in [0.25, 0.3) is 0 Å². The van der Waals surface area contributed by atoms with Gasteiger partial charge in [0.1, 0.15) is 0 Å². The maximum Gasteiger partial charge on any atom is 0 e. The van der Waals surface area contributed by atoms with Crippen LogP contribution in [0.2, 0.25) is 0 Å². The summed E-state index contributed by atoms with van der Waals surface area (Å²) in [4.78, 5) is 0. The van der Waals surface area contributed by atoms with Crippen LogP contribution in [-0.2, 0) is 11.8 Å². The molecule has 0 aliphatic carbocycles. The first-order valence-electron chi connectivity index (χ1n) is 0.204. The molecule has 5 heteroatoms. The van der Waals surface area contributed by atoms with E-state index in [0.717, 1.165) is 0 Å². The quantitative estimate of drug-likeness (QED) is 0.348. The van der Waals surface area contributed by atoms with E-state index in [1.807, 2.05) is 0 Å². The first kappa shape index (κ1) is 28.7. The Balaban J connectivity index is -0.00000000167. The zero-order valence-electron chi connectivity index (χ0n) is 2.91. The third-order valence-corrected chi connectivity index (χ3v) is 0. The van der Waals surface area contributed by atoms with Gasteiger partial charge >= 0.3 is 0 Å². The fourth-order valence-corrected chi connectivity index (χ4v) is 0. The second-order valence-electron chi connectivity index (χ2n) is 0. The third kappa shape index (κ3) is 25.1. The Morgan fingerprint density at radius 3 is 1.20 bits per heavy atom. The Bertz CT molecular complexity index is 11.6. The molecule has 0 atom stereocenters.